The summed E-state index contributed by atoms with van der Waals surface area (Å²) in [5.74, 6) is 0.691. The van der Waals surface area contributed by atoms with Gasteiger partial charge in [0.1, 0.15) is 11.8 Å². The van der Waals surface area contributed by atoms with Crippen molar-refractivity contribution in [1.29, 1.82) is 5.26 Å². The molecule has 0 atom stereocenters. The molecule has 5 heteroatoms. The van der Waals surface area contributed by atoms with Crippen LogP contribution < -0.4 is 4.74 Å². The van der Waals surface area contributed by atoms with E-state index in [0.717, 1.165) is 0 Å². The lowest BCUT2D eigenvalue weighted by molar-refractivity contribution is 0.458. The van der Waals surface area contributed by atoms with Gasteiger partial charge in [0.2, 0.25) is 5.69 Å². The fraction of sp³-hybridized carbons (Fsp3) is 0. The average molecular weight is 232 g/mol. The average Bonchev–Trinajstić information content (AvgIpc) is 2.30. The van der Waals surface area contributed by atoms with E-state index in [1.807, 2.05) is 6.07 Å². The Hall–Kier alpha value is -2.12. The second-order valence-corrected chi connectivity index (χ2v) is 3.32. The van der Waals surface area contributed by atoms with E-state index in [1.165, 1.54) is 12.4 Å². The van der Waals surface area contributed by atoms with Gasteiger partial charge >= 0.3 is 0 Å². The van der Waals surface area contributed by atoms with Crippen LogP contribution in [0.2, 0.25) is 5.02 Å². The molecule has 0 saturated carbocycles. The predicted molar refractivity (Wildman–Crippen MR) is 58.3 cm³/mol. The van der Waals surface area contributed by atoms with Gasteiger partial charge in [-0.2, -0.15) is 5.26 Å². The maximum absolute atomic E-state index is 8.79. The maximum Gasteiger partial charge on any atom is 0.256 e. The summed E-state index contributed by atoms with van der Waals surface area (Å²) >= 11 is 5.80. The summed E-state index contributed by atoms with van der Waals surface area (Å²) in [4.78, 5) is 7.76. The van der Waals surface area contributed by atoms with Crippen molar-refractivity contribution in [2.45, 2.75) is 0 Å². The van der Waals surface area contributed by atoms with Crippen molar-refractivity contribution in [3.8, 4) is 17.7 Å². The van der Waals surface area contributed by atoms with Crippen molar-refractivity contribution in [3.63, 3.8) is 0 Å². The highest BCUT2D eigenvalue weighted by atomic mass is 35.5. The lowest BCUT2D eigenvalue weighted by atomic mass is 10.3. The molecule has 0 N–H and O–H groups in total. The highest BCUT2D eigenvalue weighted by Gasteiger charge is 2.06. The van der Waals surface area contributed by atoms with Gasteiger partial charge in [-0.1, -0.05) is 17.7 Å². The fourth-order valence-corrected chi connectivity index (χ4v) is 1.30. The smallest absolute Gasteiger partial charge is 0.256 e. The fourth-order valence-electron chi connectivity index (χ4n) is 1.12. The molecule has 0 radical (unpaired) electrons. The van der Waals surface area contributed by atoms with Gasteiger partial charge in [0.05, 0.1) is 0 Å². The standard InChI is InChI=1S/C11H6ClN3O/c12-8-2-1-3-9(6-8)16-11-10(7-13)14-4-5-15-11/h1-6H. The van der Waals surface area contributed by atoms with E-state index in [0.29, 0.717) is 10.8 Å². The van der Waals surface area contributed by atoms with Crippen molar-refractivity contribution < 1.29 is 4.74 Å². The predicted octanol–water partition coefficient (Wildman–Crippen LogP) is 2.79. The summed E-state index contributed by atoms with van der Waals surface area (Å²) in [5, 5.41) is 9.35. The molecule has 0 aliphatic heterocycles. The first-order valence-corrected chi connectivity index (χ1v) is 4.82. The molecule has 1 aromatic heterocycles. The maximum atomic E-state index is 8.79. The summed E-state index contributed by atoms with van der Waals surface area (Å²) in [5.41, 5.74) is 0.141. The molecule has 0 aliphatic rings. The van der Waals surface area contributed by atoms with Crippen LogP contribution in [0.1, 0.15) is 5.69 Å². The number of benzene rings is 1. The number of nitriles is 1. The van der Waals surface area contributed by atoms with Crippen molar-refractivity contribution in [2.75, 3.05) is 0 Å². The van der Waals surface area contributed by atoms with E-state index in [-0.39, 0.29) is 11.6 Å². The Balaban J connectivity index is 2.31. The minimum atomic E-state index is 0.141. The van der Waals surface area contributed by atoms with E-state index >= 15 is 0 Å². The van der Waals surface area contributed by atoms with Crippen LogP contribution in [0.25, 0.3) is 0 Å². The van der Waals surface area contributed by atoms with Crippen molar-refractivity contribution in [3.05, 3.63) is 47.4 Å². The summed E-state index contributed by atoms with van der Waals surface area (Å²) < 4.78 is 5.40. The Kier molecular flexibility index (Phi) is 2.99. The summed E-state index contributed by atoms with van der Waals surface area (Å²) in [6.45, 7) is 0. The lowest BCUT2D eigenvalue weighted by Gasteiger charge is -2.04. The Morgan fingerprint density at radius 1 is 1.25 bits per heavy atom. The van der Waals surface area contributed by atoms with Crippen molar-refractivity contribution in [2.24, 2.45) is 0 Å². The normalized spacial score (nSPS) is 9.50. The molecule has 0 spiro atoms. The molecule has 0 aliphatic carbocycles. The van der Waals surface area contributed by atoms with E-state index < -0.39 is 0 Å². The molecule has 4 nitrogen and oxygen atoms in total. The van der Waals surface area contributed by atoms with Gasteiger partial charge in [-0.05, 0) is 18.2 Å². The summed E-state index contributed by atoms with van der Waals surface area (Å²) in [7, 11) is 0. The number of nitrogens with zero attached hydrogens (tertiary/aromatic N) is 3. The SMILES string of the molecule is N#Cc1nccnc1Oc1cccc(Cl)c1. The van der Waals surface area contributed by atoms with Crippen LogP contribution in [0, 0.1) is 11.3 Å². The first-order valence-electron chi connectivity index (χ1n) is 4.44. The zero-order chi connectivity index (χ0) is 11.4. The third kappa shape index (κ3) is 2.27. The first-order chi connectivity index (χ1) is 7.79. The van der Waals surface area contributed by atoms with Crippen LogP contribution in [0.15, 0.2) is 36.7 Å². The number of hydrogen-bond acceptors (Lipinski definition) is 4. The third-order valence-electron chi connectivity index (χ3n) is 1.78. The number of rotatable bonds is 2. The van der Waals surface area contributed by atoms with Crippen LogP contribution in [-0.4, -0.2) is 9.97 Å². The Bertz CT molecular complexity index is 551. The monoisotopic (exact) mass is 231 g/mol. The van der Waals surface area contributed by atoms with Gasteiger partial charge in [-0.25, -0.2) is 9.97 Å². The first kappa shape index (κ1) is 10.4. The molecule has 1 heterocycles. The second kappa shape index (κ2) is 4.60. The zero-order valence-electron chi connectivity index (χ0n) is 8.09. The van der Waals surface area contributed by atoms with Crippen LogP contribution in [0.3, 0.4) is 0 Å². The minimum absolute atomic E-state index is 0.141. The van der Waals surface area contributed by atoms with Gasteiger partial charge in [0, 0.05) is 17.4 Å². The minimum Gasteiger partial charge on any atom is -0.436 e. The number of halogens is 1. The van der Waals surface area contributed by atoms with Crippen LogP contribution >= 0.6 is 11.6 Å². The Morgan fingerprint density at radius 3 is 2.81 bits per heavy atom. The van der Waals surface area contributed by atoms with Crippen molar-refractivity contribution >= 4 is 11.6 Å². The zero-order valence-corrected chi connectivity index (χ0v) is 8.85. The Morgan fingerprint density at radius 2 is 2.06 bits per heavy atom. The molecule has 2 rings (SSSR count). The van der Waals surface area contributed by atoms with E-state index in [2.05, 4.69) is 9.97 Å². The number of ether oxygens (including phenoxy) is 1. The Labute approximate surface area is 97.1 Å². The largest absolute Gasteiger partial charge is 0.436 e. The molecule has 78 valence electrons. The van der Waals surface area contributed by atoms with Crippen LogP contribution in [0.5, 0.6) is 11.6 Å². The quantitative estimate of drug-likeness (QED) is 0.797. The molecule has 16 heavy (non-hydrogen) atoms. The van der Waals surface area contributed by atoms with E-state index in [9.17, 15) is 0 Å². The number of aromatic nitrogens is 2. The summed E-state index contributed by atoms with van der Waals surface area (Å²) in [6.07, 6.45) is 2.89. The molecule has 0 fully saturated rings. The van der Waals surface area contributed by atoms with Gasteiger partial charge in [0.15, 0.2) is 0 Å². The molecular weight excluding hydrogens is 226 g/mol. The molecular formula is C11H6ClN3O. The van der Waals surface area contributed by atoms with Gasteiger partial charge in [-0.3, -0.25) is 0 Å². The van der Waals surface area contributed by atoms with Crippen LogP contribution in [-0.2, 0) is 0 Å². The molecule has 0 bridgehead atoms. The summed E-state index contributed by atoms with van der Waals surface area (Å²) in [6, 6.07) is 8.74. The second-order valence-electron chi connectivity index (χ2n) is 2.88. The highest BCUT2D eigenvalue weighted by Crippen LogP contribution is 2.23. The topological polar surface area (TPSA) is 58.8 Å². The van der Waals surface area contributed by atoms with Gasteiger partial charge in [-0.15, -0.1) is 0 Å². The molecule has 0 unspecified atom stereocenters. The van der Waals surface area contributed by atoms with Crippen molar-refractivity contribution in [1.82, 2.24) is 9.97 Å². The van der Waals surface area contributed by atoms with E-state index in [1.54, 1.807) is 24.3 Å². The molecule has 0 saturated heterocycles. The van der Waals surface area contributed by atoms with Crippen LogP contribution in [0.4, 0.5) is 0 Å². The molecule has 2 aromatic rings. The van der Waals surface area contributed by atoms with Gasteiger partial charge in [0.25, 0.3) is 5.88 Å². The lowest BCUT2D eigenvalue weighted by Crippen LogP contribution is -1.93. The molecule has 0 amide bonds. The van der Waals surface area contributed by atoms with Gasteiger partial charge < -0.3 is 4.74 Å². The highest BCUT2D eigenvalue weighted by molar-refractivity contribution is 6.30. The van der Waals surface area contributed by atoms with E-state index in [4.69, 9.17) is 21.6 Å². The molecule has 1 aromatic carbocycles. The number of hydrogen-bond donors (Lipinski definition) is 0. The third-order valence-corrected chi connectivity index (χ3v) is 2.02.